The summed E-state index contributed by atoms with van der Waals surface area (Å²) in [6.45, 7) is 5.64. The highest BCUT2D eigenvalue weighted by Gasteiger charge is 2.08. The number of hydrogen-bond donors (Lipinski definition) is 0. The summed E-state index contributed by atoms with van der Waals surface area (Å²) in [5.41, 5.74) is 1.12. The first-order valence-electron chi connectivity index (χ1n) is 4.96. The van der Waals surface area contributed by atoms with Crippen molar-refractivity contribution in [1.29, 1.82) is 0 Å². The monoisotopic (exact) mass is 208 g/mol. The Kier molecular flexibility index (Phi) is 3.72. The molecule has 0 saturated heterocycles. The van der Waals surface area contributed by atoms with Crippen molar-refractivity contribution in [3.05, 3.63) is 33.9 Å². The van der Waals surface area contributed by atoms with Gasteiger partial charge in [-0.1, -0.05) is 13.0 Å². The van der Waals surface area contributed by atoms with Crippen LogP contribution < -0.4 is 10.4 Å². The summed E-state index contributed by atoms with van der Waals surface area (Å²) < 4.78 is 10.3. The van der Waals surface area contributed by atoms with Crippen LogP contribution in [-0.4, -0.2) is 7.11 Å². The van der Waals surface area contributed by atoms with E-state index in [-0.39, 0.29) is 5.63 Å². The molecule has 0 atom stereocenters. The second kappa shape index (κ2) is 4.82. The summed E-state index contributed by atoms with van der Waals surface area (Å²) in [5, 5.41) is 0. The zero-order valence-electron chi connectivity index (χ0n) is 9.59. The molecule has 15 heavy (non-hydrogen) atoms. The van der Waals surface area contributed by atoms with Crippen molar-refractivity contribution < 1.29 is 9.15 Å². The number of rotatable bonds is 3. The van der Waals surface area contributed by atoms with Crippen LogP contribution in [0.25, 0.3) is 5.57 Å². The maximum Gasteiger partial charge on any atom is 0.342 e. The van der Waals surface area contributed by atoms with Gasteiger partial charge in [0, 0.05) is 6.07 Å². The molecule has 0 aliphatic rings. The Bertz CT molecular complexity index is 427. The SMILES string of the molecule is CC/C=C(/C)c1cc(OC)c(C)c(=O)o1. The Hall–Kier alpha value is -1.51. The molecule has 0 aliphatic heterocycles. The van der Waals surface area contributed by atoms with Crippen molar-refractivity contribution in [3.8, 4) is 5.75 Å². The van der Waals surface area contributed by atoms with E-state index in [9.17, 15) is 4.79 Å². The minimum Gasteiger partial charge on any atom is -0.496 e. The third-order valence-electron chi connectivity index (χ3n) is 2.26. The van der Waals surface area contributed by atoms with E-state index in [1.165, 1.54) is 0 Å². The molecule has 82 valence electrons. The first-order valence-corrected chi connectivity index (χ1v) is 4.96. The predicted molar refractivity (Wildman–Crippen MR) is 60.2 cm³/mol. The zero-order valence-corrected chi connectivity index (χ0v) is 9.59. The molecule has 0 spiro atoms. The second-order valence-corrected chi connectivity index (χ2v) is 3.39. The third-order valence-corrected chi connectivity index (χ3v) is 2.26. The van der Waals surface area contributed by atoms with Crippen LogP contribution in [0.2, 0.25) is 0 Å². The molecule has 1 heterocycles. The molecule has 0 N–H and O–H groups in total. The molecule has 1 aromatic rings. The summed E-state index contributed by atoms with van der Waals surface area (Å²) in [6, 6.07) is 1.75. The van der Waals surface area contributed by atoms with Gasteiger partial charge in [0.05, 0.1) is 12.7 Å². The highest BCUT2D eigenvalue weighted by atomic mass is 16.5. The van der Waals surface area contributed by atoms with Crippen molar-refractivity contribution >= 4 is 5.57 Å². The lowest BCUT2D eigenvalue weighted by atomic mass is 10.1. The van der Waals surface area contributed by atoms with Gasteiger partial charge in [-0.3, -0.25) is 0 Å². The molecule has 3 heteroatoms. The summed E-state index contributed by atoms with van der Waals surface area (Å²) >= 11 is 0. The Balaban J connectivity index is 3.29. The summed E-state index contributed by atoms with van der Waals surface area (Å²) in [6.07, 6.45) is 2.92. The van der Waals surface area contributed by atoms with Crippen molar-refractivity contribution in [3.63, 3.8) is 0 Å². The third kappa shape index (κ3) is 2.49. The average molecular weight is 208 g/mol. The molecular weight excluding hydrogens is 192 g/mol. The summed E-state index contributed by atoms with van der Waals surface area (Å²) in [7, 11) is 1.55. The van der Waals surface area contributed by atoms with E-state index in [4.69, 9.17) is 9.15 Å². The first kappa shape index (κ1) is 11.6. The first-order chi connectivity index (χ1) is 7.10. The fourth-order valence-electron chi connectivity index (χ4n) is 1.35. The summed E-state index contributed by atoms with van der Waals surface area (Å²) in [4.78, 5) is 11.5. The lowest BCUT2D eigenvalue weighted by Gasteiger charge is -2.05. The molecule has 0 bridgehead atoms. The number of hydrogen-bond acceptors (Lipinski definition) is 3. The highest BCUT2D eigenvalue weighted by molar-refractivity contribution is 5.60. The van der Waals surface area contributed by atoms with E-state index >= 15 is 0 Å². The molecule has 0 amide bonds. The van der Waals surface area contributed by atoms with E-state index in [0.717, 1.165) is 12.0 Å². The van der Waals surface area contributed by atoms with Crippen molar-refractivity contribution in [2.45, 2.75) is 27.2 Å². The number of ether oxygens (including phenoxy) is 1. The van der Waals surface area contributed by atoms with Gasteiger partial charge in [0.2, 0.25) is 0 Å². The van der Waals surface area contributed by atoms with E-state index in [2.05, 4.69) is 0 Å². The van der Waals surface area contributed by atoms with Crippen LogP contribution in [0.3, 0.4) is 0 Å². The van der Waals surface area contributed by atoms with Crippen LogP contribution in [-0.2, 0) is 0 Å². The standard InChI is InChI=1S/C12H16O3/c1-5-6-8(2)10-7-11(14-4)9(3)12(13)15-10/h6-7H,5H2,1-4H3/b8-6-. The lowest BCUT2D eigenvalue weighted by Crippen LogP contribution is -2.06. The van der Waals surface area contributed by atoms with E-state index < -0.39 is 0 Å². The molecule has 0 saturated carbocycles. The topological polar surface area (TPSA) is 39.4 Å². The van der Waals surface area contributed by atoms with Gasteiger partial charge in [0.15, 0.2) is 0 Å². The fourth-order valence-corrected chi connectivity index (χ4v) is 1.35. The molecule has 0 aliphatic carbocycles. The molecular formula is C12H16O3. The van der Waals surface area contributed by atoms with E-state index in [0.29, 0.717) is 17.1 Å². The molecule has 0 aromatic carbocycles. The fraction of sp³-hybridized carbons (Fsp3) is 0.417. The van der Waals surface area contributed by atoms with Gasteiger partial charge in [-0.15, -0.1) is 0 Å². The Morgan fingerprint density at radius 3 is 2.80 bits per heavy atom. The van der Waals surface area contributed by atoms with Gasteiger partial charge in [-0.25, -0.2) is 4.79 Å². The summed E-state index contributed by atoms with van der Waals surface area (Å²) in [5.74, 6) is 1.15. The van der Waals surface area contributed by atoms with Gasteiger partial charge < -0.3 is 9.15 Å². The highest BCUT2D eigenvalue weighted by Crippen LogP contribution is 2.20. The predicted octanol–water partition coefficient (Wildman–Crippen LogP) is 2.77. The van der Waals surface area contributed by atoms with Gasteiger partial charge >= 0.3 is 5.63 Å². The van der Waals surface area contributed by atoms with Crippen LogP contribution in [0, 0.1) is 6.92 Å². The Morgan fingerprint density at radius 1 is 1.60 bits per heavy atom. The second-order valence-electron chi connectivity index (χ2n) is 3.39. The lowest BCUT2D eigenvalue weighted by molar-refractivity contribution is 0.395. The molecule has 1 aromatic heterocycles. The minimum atomic E-state index is -0.340. The van der Waals surface area contributed by atoms with Crippen molar-refractivity contribution in [2.75, 3.05) is 7.11 Å². The zero-order chi connectivity index (χ0) is 11.4. The van der Waals surface area contributed by atoms with Crippen LogP contribution in [0.15, 0.2) is 21.4 Å². The van der Waals surface area contributed by atoms with Crippen molar-refractivity contribution in [1.82, 2.24) is 0 Å². The molecule has 3 nitrogen and oxygen atoms in total. The maximum atomic E-state index is 11.5. The van der Waals surface area contributed by atoms with Gasteiger partial charge in [0.1, 0.15) is 11.5 Å². The van der Waals surface area contributed by atoms with Crippen molar-refractivity contribution in [2.24, 2.45) is 0 Å². The van der Waals surface area contributed by atoms with Crippen LogP contribution in [0.5, 0.6) is 5.75 Å². The van der Waals surface area contributed by atoms with Gasteiger partial charge in [0.25, 0.3) is 0 Å². The van der Waals surface area contributed by atoms with Crippen LogP contribution in [0.1, 0.15) is 31.6 Å². The largest absolute Gasteiger partial charge is 0.496 e. The Labute approximate surface area is 89.4 Å². The van der Waals surface area contributed by atoms with Crippen LogP contribution >= 0.6 is 0 Å². The Morgan fingerprint density at radius 2 is 2.27 bits per heavy atom. The van der Waals surface area contributed by atoms with Gasteiger partial charge in [-0.05, 0) is 25.8 Å². The quantitative estimate of drug-likeness (QED) is 0.766. The number of methoxy groups -OCH3 is 1. The molecule has 0 unspecified atom stereocenters. The molecule has 1 rings (SSSR count). The normalized spacial score (nSPS) is 11.6. The average Bonchev–Trinajstić information content (AvgIpc) is 2.22. The smallest absolute Gasteiger partial charge is 0.342 e. The maximum absolute atomic E-state index is 11.5. The molecule has 0 fully saturated rings. The minimum absolute atomic E-state index is 0.340. The molecule has 0 radical (unpaired) electrons. The number of allylic oxidation sites excluding steroid dienone is 2. The van der Waals surface area contributed by atoms with Gasteiger partial charge in [-0.2, -0.15) is 0 Å². The van der Waals surface area contributed by atoms with E-state index in [1.54, 1.807) is 20.1 Å². The van der Waals surface area contributed by atoms with E-state index in [1.807, 2.05) is 19.9 Å². The van der Waals surface area contributed by atoms with Crippen LogP contribution in [0.4, 0.5) is 0 Å².